The van der Waals surface area contributed by atoms with E-state index in [1.165, 1.54) is 59.6 Å². The van der Waals surface area contributed by atoms with Gasteiger partial charge in [0.15, 0.2) is 0 Å². The molecule has 1 rings (SSSR count). The lowest BCUT2D eigenvalue weighted by Crippen LogP contribution is -2.62. The zero-order valence-electron chi connectivity index (χ0n) is 56.0. The maximum absolute atomic E-state index is 15.1. The molecule has 22 heteroatoms. The summed E-state index contributed by atoms with van der Waals surface area (Å²) in [6, 6.07) is -10.4. The van der Waals surface area contributed by atoms with Crippen LogP contribution < -0.4 is 21.3 Å². The highest BCUT2D eigenvalue weighted by Gasteiger charge is 2.43. The van der Waals surface area contributed by atoms with Crippen LogP contribution in [0.2, 0.25) is 0 Å². The third kappa shape index (κ3) is 22.3. The van der Waals surface area contributed by atoms with Crippen molar-refractivity contribution in [1.82, 2.24) is 55.6 Å². The van der Waals surface area contributed by atoms with Crippen LogP contribution >= 0.6 is 0 Å². The van der Waals surface area contributed by atoms with E-state index < -0.39 is 138 Å². The summed E-state index contributed by atoms with van der Waals surface area (Å²) in [4.78, 5) is 141. The second kappa shape index (κ2) is 35.4. The minimum atomic E-state index is -1.49. The Bertz CT molecular complexity index is 2190. The number of likely N-dealkylation sites (N-methyl/N-ethyl adjacent to an activating group) is 7. The van der Waals surface area contributed by atoms with Crippen LogP contribution in [0.15, 0.2) is 12.2 Å². The standard InChI is InChI=1S/C62H115N11O11/c1-25-27-28-41(15)53(75)52-57(79)65-44(26-2)59(81)68(19)34-50(74)69(20)45(29-35(3)4)56(78)66-51(40(13)14)62(84)70(21)46(30-36(5)6)55(77)63-42(16)54(76)64-43(17)58(80)71(22)47(31-37(7)8)60(82)72(23)48(32-38(9)10)61(83)73(24)49(39(11)12)33-67(52)18/h25,27,35-49,51-54,64,75-76H,26,28-34H2,1-24H3,(H,63,77)(H,65,79)(H,66,78)/b27-25+/t41-,42+,43-,44+,45+,46+,47+,48+,49-,51+,52+,53-,54?/m1/s1. The van der Waals surface area contributed by atoms with E-state index in [0.29, 0.717) is 6.42 Å². The molecule has 22 nitrogen and oxygen atoms in total. The van der Waals surface area contributed by atoms with Crippen LogP contribution in [0.3, 0.4) is 0 Å². The molecule has 1 unspecified atom stereocenters. The number of nitrogens with zero attached hydrogens (tertiary/aromatic N) is 7. The molecular weight excluding hydrogens is 1070 g/mol. The van der Waals surface area contributed by atoms with Gasteiger partial charge >= 0.3 is 0 Å². The predicted octanol–water partition coefficient (Wildman–Crippen LogP) is 3.53. The van der Waals surface area contributed by atoms with Crippen LogP contribution in [0.4, 0.5) is 0 Å². The summed E-state index contributed by atoms with van der Waals surface area (Å²) in [7, 11) is 10.8. The van der Waals surface area contributed by atoms with Crippen molar-refractivity contribution in [1.29, 1.82) is 0 Å². The number of carbonyl (C=O) groups is 9. The number of hydrogen-bond donors (Lipinski definition) is 6. The summed E-state index contributed by atoms with van der Waals surface area (Å²) >= 11 is 0. The van der Waals surface area contributed by atoms with Crippen LogP contribution in [0.5, 0.6) is 0 Å². The Morgan fingerprint density at radius 2 is 0.988 bits per heavy atom. The Labute approximate surface area is 505 Å². The average molecular weight is 1190 g/mol. The van der Waals surface area contributed by atoms with Crippen molar-refractivity contribution in [3.05, 3.63) is 12.2 Å². The molecule has 484 valence electrons. The van der Waals surface area contributed by atoms with Gasteiger partial charge in [-0.05, 0) is 108 Å². The molecule has 0 saturated carbocycles. The first-order valence-corrected chi connectivity index (χ1v) is 30.7. The predicted molar refractivity (Wildman–Crippen MR) is 329 cm³/mol. The topological polar surface area (TPSA) is 265 Å². The molecule has 0 bridgehead atoms. The van der Waals surface area contributed by atoms with Crippen molar-refractivity contribution in [3.8, 4) is 0 Å². The zero-order chi connectivity index (χ0) is 65.1. The fourth-order valence-corrected chi connectivity index (χ4v) is 10.8. The lowest BCUT2D eigenvalue weighted by molar-refractivity contribution is -0.152. The van der Waals surface area contributed by atoms with Gasteiger partial charge in [0.05, 0.1) is 24.7 Å². The molecule has 1 saturated heterocycles. The molecule has 1 aliphatic heterocycles. The van der Waals surface area contributed by atoms with Crippen molar-refractivity contribution in [2.24, 2.45) is 41.4 Å². The smallest absolute Gasteiger partial charge is 0.245 e. The lowest BCUT2D eigenvalue weighted by atomic mass is 9.91. The molecule has 13 atom stereocenters. The molecule has 6 N–H and O–H groups in total. The number of aliphatic hydroxyl groups is 2. The van der Waals surface area contributed by atoms with Crippen LogP contribution in [-0.2, 0) is 43.2 Å². The Hall–Kier alpha value is -5.19. The molecule has 0 aliphatic carbocycles. The summed E-state index contributed by atoms with van der Waals surface area (Å²) in [5, 5.41) is 35.2. The van der Waals surface area contributed by atoms with E-state index in [4.69, 9.17) is 0 Å². The number of carbonyl (C=O) groups excluding carboxylic acids is 9. The van der Waals surface area contributed by atoms with E-state index in [1.807, 2.05) is 95.2 Å². The molecular formula is C62H115N11O11. The Morgan fingerprint density at radius 1 is 0.548 bits per heavy atom. The molecule has 1 aliphatic rings. The lowest BCUT2D eigenvalue weighted by Gasteiger charge is -2.42. The maximum atomic E-state index is 15.1. The Balaban J connectivity index is 4.26. The minimum Gasteiger partial charge on any atom is -0.391 e. The van der Waals surface area contributed by atoms with E-state index in [-0.39, 0.29) is 74.1 Å². The van der Waals surface area contributed by atoms with E-state index in [9.17, 15) is 48.6 Å². The van der Waals surface area contributed by atoms with Gasteiger partial charge in [0.25, 0.3) is 0 Å². The molecule has 0 aromatic heterocycles. The second-order valence-corrected chi connectivity index (χ2v) is 26.4. The Kier molecular flexibility index (Phi) is 32.4. The van der Waals surface area contributed by atoms with Crippen LogP contribution in [-0.4, -0.2) is 233 Å². The van der Waals surface area contributed by atoms with Crippen molar-refractivity contribution < 1.29 is 53.4 Å². The van der Waals surface area contributed by atoms with Gasteiger partial charge in [-0.1, -0.05) is 109 Å². The van der Waals surface area contributed by atoms with Crippen LogP contribution in [0.25, 0.3) is 0 Å². The summed E-state index contributed by atoms with van der Waals surface area (Å²) in [6.45, 7) is 30.8. The number of nitrogens with one attached hydrogen (secondary N) is 4. The number of rotatable bonds is 15. The number of aliphatic hydroxyl groups excluding tert-OH is 2. The van der Waals surface area contributed by atoms with Crippen LogP contribution in [0, 0.1) is 41.4 Å². The molecule has 84 heavy (non-hydrogen) atoms. The van der Waals surface area contributed by atoms with Gasteiger partial charge in [0.2, 0.25) is 53.2 Å². The van der Waals surface area contributed by atoms with E-state index in [0.717, 1.165) is 0 Å². The first-order valence-electron chi connectivity index (χ1n) is 30.7. The van der Waals surface area contributed by atoms with E-state index in [1.54, 1.807) is 58.6 Å². The molecule has 9 amide bonds. The van der Waals surface area contributed by atoms with E-state index >= 15 is 4.79 Å². The minimum absolute atomic E-state index is 0.0594. The molecule has 0 aromatic rings. The molecule has 0 spiro atoms. The van der Waals surface area contributed by atoms with Gasteiger partial charge in [0, 0.05) is 54.9 Å². The third-order valence-corrected chi connectivity index (χ3v) is 16.4. The first-order chi connectivity index (χ1) is 38.8. The van der Waals surface area contributed by atoms with Crippen molar-refractivity contribution in [2.75, 3.05) is 62.4 Å². The summed E-state index contributed by atoms with van der Waals surface area (Å²) < 4.78 is 0. The third-order valence-electron chi connectivity index (χ3n) is 16.4. The highest BCUT2D eigenvalue weighted by molar-refractivity contribution is 5.96. The van der Waals surface area contributed by atoms with Gasteiger partial charge in [0.1, 0.15) is 48.5 Å². The second-order valence-electron chi connectivity index (χ2n) is 26.4. The average Bonchev–Trinajstić information content (AvgIpc) is 3.54. The van der Waals surface area contributed by atoms with Gasteiger partial charge in [-0.15, -0.1) is 0 Å². The van der Waals surface area contributed by atoms with Crippen molar-refractivity contribution in [3.63, 3.8) is 0 Å². The van der Waals surface area contributed by atoms with Gasteiger partial charge < -0.3 is 55.6 Å². The highest BCUT2D eigenvalue weighted by Crippen LogP contribution is 2.25. The van der Waals surface area contributed by atoms with Gasteiger partial charge in [-0.25, -0.2) is 0 Å². The number of hydrogen-bond acceptors (Lipinski definition) is 13. The number of amides is 9. The molecule has 0 radical (unpaired) electrons. The summed E-state index contributed by atoms with van der Waals surface area (Å²) in [5.41, 5.74) is 0. The van der Waals surface area contributed by atoms with Gasteiger partial charge in [-0.3, -0.25) is 53.4 Å². The SMILES string of the molecule is C/C=C/C[C@@H](C)[C@@H](O)[C@H]1C(=O)N[C@@H](CC)C(=O)N(C)CC(=O)N(C)[C@@H](CC(C)C)C(=O)N[C@@H](C(C)C)C(=O)N(C)[C@@H](CC(C)C)C(=O)N[C@@H](C)C(O)N[C@H](C)C(=O)N(C)[C@@H](CC(C)C)C(=O)N(C)[C@@H](CC(C)C)C(=O)N(C)[C@@H](C(C)C)CN1C. The quantitative estimate of drug-likeness (QED) is 0.128. The fourth-order valence-electron chi connectivity index (χ4n) is 10.8. The Morgan fingerprint density at radius 3 is 1.44 bits per heavy atom. The molecule has 1 heterocycles. The van der Waals surface area contributed by atoms with Crippen LogP contribution in [0.1, 0.15) is 156 Å². The van der Waals surface area contributed by atoms with Crippen molar-refractivity contribution in [2.45, 2.75) is 229 Å². The fraction of sp³-hybridized carbons (Fsp3) is 0.823. The zero-order valence-corrected chi connectivity index (χ0v) is 56.0. The number of allylic oxidation sites excluding steroid dienone is 2. The molecule has 1 fully saturated rings. The summed E-state index contributed by atoms with van der Waals surface area (Å²) in [6.07, 6.45) is 2.46. The van der Waals surface area contributed by atoms with Gasteiger partial charge in [-0.2, -0.15) is 0 Å². The maximum Gasteiger partial charge on any atom is 0.245 e. The normalized spacial score (nSPS) is 28.2. The summed E-state index contributed by atoms with van der Waals surface area (Å²) in [5.74, 6) is -6.45. The largest absolute Gasteiger partial charge is 0.391 e. The van der Waals surface area contributed by atoms with Crippen molar-refractivity contribution >= 4 is 53.2 Å². The molecule has 0 aromatic carbocycles. The van der Waals surface area contributed by atoms with E-state index in [2.05, 4.69) is 21.3 Å². The monoisotopic (exact) mass is 1190 g/mol. The highest BCUT2D eigenvalue weighted by atomic mass is 16.3. The first kappa shape index (κ1) is 76.8.